The highest BCUT2D eigenvalue weighted by Gasteiger charge is 2.30. The predicted molar refractivity (Wildman–Crippen MR) is 112 cm³/mol. The molecule has 0 saturated carbocycles. The van der Waals surface area contributed by atoms with Crippen LogP contribution in [0.2, 0.25) is 0 Å². The molecule has 2 amide bonds. The Balaban J connectivity index is 1.35. The molecule has 1 aromatic carbocycles. The zero-order chi connectivity index (χ0) is 21.3. The van der Waals surface area contributed by atoms with E-state index >= 15 is 0 Å². The van der Waals surface area contributed by atoms with Gasteiger partial charge in [-0.25, -0.2) is 0 Å². The van der Waals surface area contributed by atoms with Crippen LogP contribution in [0.15, 0.2) is 24.3 Å². The van der Waals surface area contributed by atoms with Crippen LogP contribution in [0.5, 0.6) is 11.5 Å². The Morgan fingerprint density at radius 2 is 1.90 bits per heavy atom. The summed E-state index contributed by atoms with van der Waals surface area (Å²) >= 11 is 0. The molecule has 30 heavy (non-hydrogen) atoms. The van der Waals surface area contributed by atoms with Crippen molar-refractivity contribution in [3.8, 4) is 11.5 Å². The van der Waals surface area contributed by atoms with E-state index in [4.69, 9.17) is 9.47 Å². The van der Waals surface area contributed by atoms with Gasteiger partial charge in [0.05, 0.1) is 5.69 Å². The van der Waals surface area contributed by atoms with Crippen LogP contribution in [0.1, 0.15) is 55.7 Å². The van der Waals surface area contributed by atoms with E-state index in [1.165, 1.54) is 0 Å². The number of ether oxygens (including phenoxy) is 2. The Labute approximate surface area is 176 Å². The summed E-state index contributed by atoms with van der Waals surface area (Å²) in [7, 11) is 0. The number of benzene rings is 1. The van der Waals surface area contributed by atoms with Crippen LogP contribution in [-0.4, -0.2) is 46.4 Å². The van der Waals surface area contributed by atoms with Crippen molar-refractivity contribution in [1.29, 1.82) is 0 Å². The summed E-state index contributed by atoms with van der Waals surface area (Å²) in [6, 6.07) is 7.27. The molecule has 160 valence electrons. The predicted octanol–water partition coefficient (Wildman–Crippen LogP) is 3.25. The summed E-state index contributed by atoms with van der Waals surface area (Å²) in [4.78, 5) is 27.6. The zero-order valence-electron chi connectivity index (χ0n) is 17.7. The summed E-state index contributed by atoms with van der Waals surface area (Å²) in [6.45, 7) is 8.10. The van der Waals surface area contributed by atoms with Gasteiger partial charge in [0.1, 0.15) is 5.69 Å². The van der Waals surface area contributed by atoms with Crippen LogP contribution in [-0.2, 0) is 11.3 Å². The SMILES string of the molecule is CCn1nc(C(C)C)cc1C(=O)N1CCC(C(=O)Nc2ccc3c(c2)OCO3)CC1. The first-order valence-electron chi connectivity index (χ1n) is 10.5. The molecule has 0 bridgehead atoms. The van der Waals surface area contributed by atoms with Gasteiger partial charge in [-0.05, 0) is 43.9 Å². The van der Waals surface area contributed by atoms with Gasteiger partial charge in [-0.3, -0.25) is 14.3 Å². The van der Waals surface area contributed by atoms with E-state index < -0.39 is 0 Å². The molecule has 8 nitrogen and oxygen atoms in total. The van der Waals surface area contributed by atoms with Gasteiger partial charge < -0.3 is 19.7 Å². The lowest BCUT2D eigenvalue weighted by Crippen LogP contribution is -2.42. The molecule has 2 aliphatic heterocycles. The molecule has 0 spiro atoms. The first kappa shape index (κ1) is 20.3. The second kappa shape index (κ2) is 8.38. The van der Waals surface area contributed by atoms with Gasteiger partial charge in [-0.1, -0.05) is 13.8 Å². The smallest absolute Gasteiger partial charge is 0.272 e. The molecular weight excluding hydrogens is 384 g/mol. The topological polar surface area (TPSA) is 85.7 Å². The van der Waals surface area contributed by atoms with Crippen LogP contribution in [0.4, 0.5) is 5.69 Å². The van der Waals surface area contributed by atoms with Gasteiger partial charge in [-0.2, -0.15) is 5.10 Å². The third kappa shape index (κ3) is 3.99. The number of carbonyl (C=O) groups is 2. The van der Waals surface area contributed by atoms with Gasteiger partial charge >= 0.3 is 0 Å². The number of rotatable bonds is 5. The molecule has 3 heterocycles. The first-order chi connectivity index (χ1) is 14.5. The van der Waals surface area contributed by atoms with E-state index in [0.717, 1.165) is 5.69 Å². The fourth-order valence-electron chi connectivity index (χ4n) is 3.86. The minimum atomic E-state index is -0.123. The second-order valence-electron chi connectivity index (χ2n) is 8.05. The molecule has 2 aromatic rings. The van der Waals surface area contributed by atoms with Crippen molar-refractivity contribution < 1.29 is 19.1 Å². The van der Waals surface area contributed by atoms with Crippen molar-refractivity contribution in [1.82, 2.24) is 14.7 Å². The Bertz CT molecular complexity index is 945. The lowest BCUT2D eigenvalue weighted by Gasteiger charge is -2.31. The number of nitrogens with one attached hydrogen (secondary N) is 1. The van der Waals surface area contributed by atoms with Crippen molar-refractivity contribution in [3.63, 3.8) is 0 Å². The lowest BCUT2D eigenvalue weighted by atomic mass is 9.95. The third-order valence-corrected chi connectivity index (χ3v) is 5.70. The average molecular weight is 412 g/mol. The Hall–Kier alpha value is -3.03. The minimum Gasteiger partial charge on any atom is -0.454 e. The Morgan fingerprint density at radius 3 is 2.60 bits per heavy atom. The molecular formula is C22H28N4O4. The number of aromatic nitrogens is 2. The molecule has 2 aliphatic rings. The molecule has 0 atom stereocenters. The quantitative estimate of drug-likeness (QED) is 0.815. The van der Waals surface area contributed by atoms with E-state index in [-0.39, 0.29) is 30.4 Å². The van der Waals surface area contributed by atoms with E-state index in [1.54, 1.807) is 16.8 Å². The van der Waals surface area contributed by atoms with Gasteiger partial charge in [0.2, 0.25) is 12.7 Å². The van der Waals surface area contributed by atoms with Crippen LogP contribution in [0.25, 0.3) is 0 Å². The normalized spacial score (nSPS) is 16.2. The van der Waals surface area contributed by atoms with Gasteiger partial charge in [-0.15, -0.1) is 0 Å². The molecule has 1 aromatic heterocycles. The summed E-state index contributed by atoms with van der Waals surface area (Å²) in [5.74, 6) is 1.44. The summed E-state index contributed by atoms with van der Waals surface area (Å²) in [5, 5.41) is 7.50. The second-order valence-corrected chi connectivity index (χ2v) is 8.05. The van der Waals surface area contributed by atoms with E-state index in [1.807, 2.05) is 24.0 Å². The number of nitrogens with zero attached hydrogens (tertiary/aromatic N) is 3. The van der Waals surface area contributed by atoms with Crippen molar-refractivity contribution in [2.24, 2.45) is 5.92 Å². The molecule has 0 unspecified atom stereocenters. The Kier molecular flexibility index (Phi) is 5.65. The fraction of sp³-hybridized carbons (Fsp3) is 0.500. The van der Waals surface area contributed by atoms with Gasteiger partial charge in [0.25, 0.3) is 5.91 Å². The number of hydrogen-bond donors (Lipinski definition) is 1. The maximum Gasteiger partial charge on any atom is 0.272 e. The van der Waals surface area contributed by atoms with Crippen LogP contribution in [0, 0.1) is 5.92 Å². The molecule has 1 saturated heterocycles. The van der Waals surface area contributed by atoms with Crippen molar-refractivity contribution >= 4 is 17.5 Å². The average Bonchev–Trinajstić information content (AvgIpc) is 3.40. The van der Waals surface area contributed by atoms with Crippen molar-refractivity contribution in [2.45, 2.75) is 46.1 Å². The highest BCUT2D eigenvalue weighted by Crippen LogP contribution is 2.34. The lowest BCUT2D eigenvalue weighted by molar-refractivity contribution is -0.121. The largest absolute Gasteiger partial charge is 0.454 e. The summed E-state index contributed by atoms with van der Waals surface area (Å²) < 4.78 is 12.4. The Morgan fingerprint density at radius 1 is 1.17 bits per heavy atom. The molecule has 0 aliphatic carbocycles. The molecule has 8 heteroatoms. The highest BCUT2D eigenvalue weighted by atomic mass is 16.7. The standard InChI is InChI=1S/C22H28N4O4/c1-4-26-18(12-17(24-26)14(2)3)22(28)25-9-7-15(8-10-25)21(27)23-16-5-6-19-20(11-16)30-13-29-19/h5-6,11-12,14-15H,4,7-10,13H2,1-3H3,(H,23,27). The van der Waals surface area contributed by atoms with E-state index in [2.05, 4.69) is 24.3 Å². The van der Waals surface area contributed by atoms with Crippen molar-refractivity contribution in [3.05, 3.63) is 35.7 Å². The first-order valence-corrected chi connectivity index (χ1v) is 10.5. The third-order valence-electron chi connectivity index (χ3n) is 5.70. The number of likely N-dealkylation sites (tertiary alicyclic amines) is 1. The zero-order valence-corrected chi connectivity index (χ0v) is 17.7. The van der Waals surface area contributed by atoms with Crippen LogP contribution >= 0.6 is 0 Å². The monoisotopic (exact) mass is 412 g/mol. The van der Waals surface area contributed by atoms with Crippen LogP contribution in [0.3, 0.4) is 0 Å². The minimum absolute atomic E-state index is 0.00845. The number of hydrogen-bond acceptors (Lipinski definition) is 5. The van der Waals surface area contributed by atoms with Gasteiger partial charge in [0.15, 0.2) is 11.5 Å². The highest BCUT2D eigenvalue weighted by molar-refractivity contribution is 5.94. The molecule has 1 N–H and O–H groups in total. The van der Waals surface area contributed by atoms with E-state index in [0.29, 0.717) is 55.4 Å². The number of amides is 2. The number of aryl methyl sites for hydroxylation is 1. The van der Waals surface area contributed by atoms with E-state index in [9.17, 15) is 9.59 Å². The molecule has 4 rings (SSSR count). The fourth-order valence-corrected chi connectivity index (χ4v) is 3.86. The van der Waals surface area contributed by atoms with Gasteiger partial charge in [0, 0.05) is 37.3 Å². The number of carbonyl (C=O) groups excluding carboxylic acids is 2. The van der Waals surface area contributed by atoms with Crippen LogP contribution < -0.4 is 14.8 Å². The number of fused-ring (bicyclic) bond motifs is 1. The maximum atomic E-state index is 13.0. The summed E-state index contributed by atoms with van der Waals surface area (Å²) in [6.07, 6.45) is 1.28. The van der Waals surface area contributed by atoms with Crippen molar-refractivity contribution in [2.75, 3.05) is 25.2 Å². The summed E-state index contributed by atoms with van der Waals surface area (Å²) in [5.41, 5.74) is 2.25. The number of piperidine rings is 1. The molecule has 0 radical (unpaired) electrons. The number of anilines is 1. The maximum absolute atomic E-state index is 13.0. The molecule has 1 fully saturated rings.